The van der Waals surface area contributed by atoms with E-state index in [0.29, 0.717) is 148 Å². The molecule has 0 aliphatic rings. The minimum atomic E-state index is -5.25. The van der Waals surface area contributed by atoms with Gasteiger partial charge in [-0.15, -0.1) is 0 Å². The summed E-state index contributed by atoms with van der Waals surface area (Å²) in [5, 5.41) is 13.7. The molecule has 0 N–H and O–H groups in total. The van der Waals surface area contributed by atoms with Gasteiger partial charge in [0.1, 0.15) is 46.6 Å². The van der Waals surface area contributed by atoms with Gasteiger partial charge in [-0.1, -0.05) is 48.5 Å². The fourth-order valence-electron chi connectivity index (χ4n) is 10.5. The van der Waals surface area contributed by atoms with E-state index in [-0.39, 0.29) is 28.6 Å². The van der Waals surface area contributed by atoms with Crippen molar-refractivity contribution in [3.63, 3.8) is 0 Å². The topological polar surface area (TPSA) is 188 Å². The summed E-state index contributed by atoms with van der Waals surface area (Å²) in [6, 6.07) is 28.6. The van der Waals surface area contributed by atoms with Crippen molar-refractivity contribution < 1.29 is 26.3 Å². The van der Waals surface area contributed by atoms with Crippen LogP contribution in [0.1, 0.15) is 63.3 Å². The molecule has 0 spiro atoms. The quantitative estimate of drug-likeness (QED) is 0.137. The first kappa shape index (κ1) is 50.8. The molecule has 0 amide bonds. The highest BCUT2D eigenvalue weighted by Crippen LogP contribution is 2.47. The van der Waals surface area contributed by atoms with E-state index in [1.807, 2.05) is 48.5 Å². The maximum Gasteiger partial charge on any atom is 0.416 e. The van der Waals surface area contributed by atoms with Crippen LogP contribution in [0.4, 0.5) is 26.3 Å². The third-order valence-corrected chi connectivity index (χ3v) is 13.6. The number of aryl methyl sites for hydroxylation is 8. The van der Waals surface area contributed by atoms with Crippen LogP contribution < -0.4 is 0 Å². The lowest BCUT2D eigenvalue weighted by atomic mass is 9.94. The van der Waals surface area contributed by atoms with Gasteiger partial charge in [-0.25, -0.2) is 59.8 Å². The molecule has 6 aromatic carbocycles. The molecule has 0 aliphatic heterocycles. The Bertz CT molecular complexity index is 4070. The lowest BCUT2D eigenvalue weighted by molar-refractivity contribution is -0.143. The van der Waals surface area contributed by atoms with Crippen LogP contribution in [-0.2, 0) is 12.4 Å². The maximum absolute atomic E-state index is 15.3. The number of hydrogen-bond acceptors (Lipinski definition) is 13. The van der Waals surface area contributed by atoms with E-state index >= 15 is 26.3 Å². The molecule has 6 aromatic heterocycles. The molecular formula is C59H41F6N15. The monoisotopic (exact) mass is 1070 g/mol. The molecule has 12 rings (SSSR count). The average molecular weight is 1070 g/mol. The van der Waals surface area contributed by atoms with E-state index in [1.165, 1.54) is 12.1 Å². The molecule has 21 heteroatoms. The third-order valence-electron chi connectivity index (χ3n) is 13.6. The number of alkyl halides is 6. The van der Waals surface area contributed by atoms with Crippen LogP contribution in [0.25, 0.3) is 112 Å². The molecule has 15 nitrogen and oxygen atoms in total. The Morgan fingerprint density at radius 3 is 0.838 bits per heavy atom. The molecule has 0 bridgehead atoms. The summed E-state index contributed by atoms with van der Waals surface area (Å²) < 4.78 is 95.4. The van der Waals surface area contributed by atoms with E-state index in [0.717, 1.165) is 0 Å². The Morgan fingerprint density at radius 1 is 0.338 bits per heavy atom. The molecule has 394 valence electrons. The van der Waals surface area contributed by atoms with Gasteiger partial charge >= 0.3 is 12.4 Å². The Labute approximate surface area is 450 Å². The zero-order chi connectivity index (χ0) is 56.3. The summed E-state index contributed by atoms with van der Waals surface area (Å²) in [4.78, 5) is 54.6. The van der Waals surface area contributed by atoms with E-state index in [4.69, 9.17) is 0 Å². The lowest BCUT2D eigenvalue weighted by Crippen LogP contribution is -2.12. The lowest BCUT2D eigenvalue weighted by Gasteiger charge is -2.23. The third kappa shape index (κ3) is 9.03. The van der Waals surface area contributed by atoms with Crippen LogP contribution in [-0.4, -0.2) is 68.9 Å². The van der Waals surface area contributed by atoms with Gasteiger partial charge in [0.25, 0.3) is 0 Å². The molecule has 12 aromatic rings. The minimum Gasteiger partial charge on any atom is -0.308 e. The van der Waals surface area contributed by atoms with E-state index in [1.54, 1.807) is 88.8 Å². The van der Waals surface area contributed by atoms with Crippen molar-refractivity contribution in [2.45, 2.75) is 67.7 Å². The second-order valence-electron chi connectivity index (χ2n) is 19.4. The number of benzene rings is 6. The van der Waals surface area contributed by atoms with Crippen molar-refractivity contribution in [3.8, 4) is 74.1 Å². The van der Waals surface area contributed by atoms with Gasteiger partial charge < -0.3 is 9.13 Å². The van der Waals surface area contributed by atoms with Crippen molar-refractivity contribution in [1.82, 2.24) is 68.9 Å². The highest BCUT2D eigenvalue weighted by molar-refractivity contribution is 6.14. The van der Waals surface area contributed by atoms with Gasteiger partial charge in [-0.05, 0) is 116 Å². The maximum atomic E-state index is 15.3. The Kier molecular flexibility index (Phi) is 11.8. The first-order chi connectivity index (χ1) is 38.1. The summed E-state index contributed by atoms with van der Waals surface area (Å²) in [5.41, 5.74) is 0.237. The summed E-state index contributed by atoms with van der Waals surface area (Å²) in [6.07, 6.45) is -10.5. The van der Waals surface area contributed by atoms with Crippen LogP contribution in [0.15, 0.2) is 103 Å². The van der Waals surface area contributed by atoms with Crippen LogP contribution in [0.3, 0.4) is 0 Å². The fourth-order valence-corrected chi connectivity index (χ4v) is 10.5. The van der Waals surface area contributed by atoms with Crippen LogP contribution in [0.5, 0.6) is 0 Å². The van der Waals surface area contributed by atoms with Gasteiger partial charge in [0.15, 0.2) is 23.3 Å². The molecule has 0 saturated carbocycles. The van der Waals surface area contributed by atoms with E-state index in [2.05, 4.69) is 65.9 Å². The van der Waals surface area contributed by atoms with Crippen molar-refractivity contribution in [3.05, 3.63) is 166 Å². The van der Waals surface area contributed by atoms with Crippen molar-refractivity contribution in [2.75, 3.05) is 0 Å². The predicted octanol–water partition coefficient (Wildman–Crippen LogP) is 13.3. The number of halogens is 6. The zero-order valence-corrected chi connectivity index (χ0v) is 43.8. The largest absolute Gasteiger partial charge is 0.416 e. The molecule has 80 heavy (non-hydrogen) atoms. The fraction of sp³-hybridized carbons (Fsp3) is 0.169. The molecule has 0 aliphatic carbocycles. The highest BCUT2D eigenvalue weighted by Gasteiger charge is 2.38. The van der Waals surface area contributed by atoms with Gasteiger partial charge in [0, 0.05) is 49.4 Å². The van der Waals surface area contributed by atoms with Crippen molar-refractivity contribution in [2.24, 2.45) is 0 Å². The number of aromatic nitrogens is 14. The second-order valence-corrected chi connectivity index (χ2v) is 19.4. The number of nitrogens with zero attached hydrogens (tertiary/aromatic N) is 15. The molecule has 0 atom stereocenters. The second kappa shape index (κ2) is 18.6. The Balaban J connectivity index is 1.30. The summed E-state index contributed by atoms with van der Waals surface area (Å²) in [7, 11) is 0. The standard InChI is InChI=1S/C59H41F6N15/c1-27-67-28(2)72-54(71-27)36-9-13-43-44-14-10-37(55-73-29(3)68-30(4)74-55)22-48(44)79(47(43)21-36)51-17-35(26-66)18-52(53(51)40-19-41(58(60,61)62)25-42(20-40)59(63,64)65)80-49-23-38(56-75-31(5)69-32(6)76-56)11-15-45(49)46-16-12-39(24-50(46)80)57-77-33(7)70-34(8)78-57/h9-25H,1-8H3. The minimum absolute atomic E-state index is 0.00579. The highest BCUT2D eigenvalue weighted by atomic mass is 19.4. The zero-order valence-electron chi connectivity index (χ0n) is 43.8. The Morgan fingerprint density at radius 2 is 0.600 bits per heavy atom. The van der Waals surface area contributed by atoms with Crippen LogP contribution >= 0.6 is 0 Å². The summed E-state index contributed by atoms with van der Waals surface area (Å²) in [6.45, 7) is 13.8. The average Bonchev–Trinajstić information content (AvgIpc) is 4.12. The van der Waals surface area contributed by atoms with E-state index in [9.17, 15) is 5.26 Å². The van der Waals surface area contributed by atoms with Gasteiger partial charge in [0.05, 0.1) is 56.2 Å². The first-order valence-electron chi connectivity index (χ1n) is 24.9. The molecule has 0 radical (unpaired) electrons. The van der Waals surface area contributed by atoms with Gasteiger partial charge in [0.2, 0.25) is 0 Å². The normalized spacial score (nSPS) is 12.1. The van der Waals surface area contributed by atoms with Gasteiger partial charge in [-0.3, -0.25) is 0 Å². The summed E-state index contributed by atoms with van der Waals surface area (Å²) in [5.74, 6) is 4.80. The van der Waals surface area contributed by atoms with Crippen LogP contribution in [0, 0.1) is 66.7 Å². The van der Waals surface area contributed by atoms with Crippen molar-refractivity contribution >= 4 is 43.6 Å². The number of rotatable bonds is 7. The molecule has 0 fully saturated rings. The van der Waals surface area contributed by atoms with Crippen LogP contribution in [0.2, 0.25) is 0 Å². The number of hydrogen-bond donors (Lipinski definition) is 0. The molecule has 0 unspecified atom stereocenters. The first-order valence-corrected chi connectivity index (χ1v) is 24.9. The SMILES string of the molecule is Cc1nc(C)nc(-c2ccc3c4ccc(-c5nc(C)nc(C)n5)cc4n(-c4cc(C#N)cc(-n5c6cc(-c7nc(C)nc(C)n7)ccc6c6ccc(-c7nc(C)nc(C)n7)cc65)c4-c4cc(C(F)(F)F)cc(C(F)(F)F)c4)c3c2)n1. The van der Waals surface area contributed by atoms with E-state index < -0.39 is 29.0 Å². The molecule has 0 saturated heterocycles. The Hall–Kier alpha value is -9.97. The van der Waals surface area contributed by atoms with Crippen molar-refractivity contribution in [1.29, 1.82) is 5.26 Å². The molecular weight excluding hydrogens is 1030 g/mol. The predicted molar refractivity (Wildman–Crippen MR) is 288 cm³/mol. The summed E-state index contributed by atoms with van der Waals surface area (Å²) >= 11 is 0. The smallest absolute Gasteiger partial charge is 0.308 e. The number of fused-ring (bicyclic) bond motifs is 6. The van der Waals surface area contributed by atoms with Gasteiger partial charge in [-0.2, -0.15) is 31.6 Å². The molecule has 6 heterocycles. The number of nitriles is 1.